The van der Waals surface area contributed by atoms with Crippen LogP contribution in [0.15, 0.2) is 24.3 Å². The molecule has 0 atom stereocenters. The van der Waals surface area contributed by atoms with Crippen LogP contribution in [-0.2, 0) is 9.47 Å². The number of carbonyl (C=O) groups excluding carboxylic acids is 2. The Balaban J connectivity index is 0.00000261. The van der Waals surface area contributed by atoms with Crippen LogP contribution < -0.4 is 11.5 Å². The van der Waals surface area contributed by atoms with Crippen LogP contribution in [0.4, 0.5) is 0 Å². The summed E-state index contributed by atoms with van der Waals surface area (Å²) in [5, 5.41) is 0. The van der Waals surface area contributed by atoms with E-state index in [1.807, 2.05) is 0 Å². The molecule has 27 heavy (non-hydrogen) atoms. The van der Waals surface area contributed by atoms with Crippen molar-refractivity contribution < 1.29 is 19.1 Å². The summed E-state index contributed by atoms with van der Waals surface area (Å²) < 4.78 is 11.1. The van der Waals surface area contributed by atoms with Crippen LogP contribution in [0.25, 0.3) is 0 Å². The van der Waals surface area contributed by atoms with Crippen LogP contribution >= 0.6 is 0 Å². The van der Waals surface area contributed by atoms with Gasteiger partial charge in [0.15, 0.2) is 0 Å². The molecule has 0 unspecified atom stereocenters. The molecule has 1 aromatic rings. The van der Waals surface area contributed by atoms with E-state index in [4.69, 9.17) is 20.9 Å². The molecule has 2 saturated carbocycles. The van der Waals surface area contributed by atoms with Crippen LogP contribution in [0.5, 0.6) is 0 Å². The Labute approximate surface area is 161 Å². The first-order chi connectivity index (χ1) is 12.5. The Bertz CT molecular complexity index is 561. The van der Waals surface area contributed by atoms with Gasteiger partial charge in [0.25, 0.3) is 0 Å². The van der Waals surface area contributed by atoms with Crippen LogP contribution in [-0.4, -0.2) is 36.2 Å². The predicted molar refractivity (Wildman–Crippen MR) is 104 cm³/mol. The zero-order valence-corrected chi connectivity index (χ0v) is 15.1. The highest BCUT2D eigenvalue weighted by atomic mass is 16.5. The first-order valence-corrected chi connectivity index (χ1v) is 9.54. The number of ether oxygens (including phenoxy) is 2. The van der Waals surface area contributed by atoms with E-state index in [1.54, 1.807) is 24.3 Å². The molecule has 6 heteroatoms. The largest absolute Gasteiger partial charge is 0.459 e. The lowest BCUT2D eigenvalue weighted by atomic mass is 9.93. The standard InChI is InChI=1S/C20H28N2O4.CH4/c21-15-5-9-17(10-6-15)25-19(23)13-1-2-14(4-3-13)20(24)26-18-11-7-16(22)8-12-18;/h1-4,15-18H,5-12,21-22H2;1H4. The molecular formula is C21H32N2O4. The normalized spacial score (nSPS) is 27.9. The maximum absolute atomic E-state index is 12.2. The quantitative estimate of drug-likeness (QED) is 0.782. The molecule has 0 bridgehead atoms. The second-order valence-corrected chi connectivity index (χ2v) is 7.46. The maximum atomic E-state index is 12.2. The summed E-state index contributed by atoms with van der Waals surface area (Å²) in [6.45, 7) is 0. The first kappa shape index (κ1) is 21.4. The lowest BCUT2D eigenvalue weighted by Gasteiger charge is -2.26. The van der Waals surface area contributed by atoms with Crippen molar-refractivity contribution in [2.75, 3.05) is 0 Å². The lowest BCUT2D eigenvalue weighted by Crippen LogP contribution is -2.31. The van der Waals surface area contributed by atoms with Crippen molar-refractivity contribution in [3.05, 3.63) is 35.4 Å². The fourth-order valence-electron chi connectivity index (χ4n) is 3.59. The van der Waals surface area contributed by atoms with Gasteiger partial charge in [0.2, 0.25) is 0 Å². The fraction of sp³-hybridized carbons (Fsp3) is 0.619. The number of rotatable bonds is 4. The Morgan fingerprint density at radius 1 is 0.667 bits per heavy atom. The van der Waals surface area contributed by atoms with E-state index in [2.05, 4.69) is 0 Å². The molecule has 0 aromatic heterocycles. The molecule has 0 heterocycles. The number of hydrogen-bond acceptors (Lipinski definition) is 6. The second-order valence-electron chi connectivity index (χ2n) is 7.46. The first-order valence-electron chi connectivity index (χ1n) is 9.54. The Morgan fingerprint density at radius 2 is 0.963 bits per heavy atom. The van der Waals surface area contributed by atoms with E-state index in [9.17, 15) is 9.59 Å². The maximum Gasteiger partial charge on any atom is 0.338 e. The summed E-state index contributed by atoms with van der Waals surface area (Å²) in [6, 6.07) is 6.90. The van der Waals surface area contributed by atoms with E-state index in [-0.39, 0.29) is 43.7 Å². The average molecular weight is 376 g/mol. The minimum absolute atomic E-state index is 0. The molecule has 150 valence electrons. The summed E-state index contributed by atoms with van der Waals surface area (Å²) >= 11 is 0. The molecular weight excluding hydrogens is 344 g/mol. The minimum Gasteiger partial charge on any atom is -0.459 e. The average Bonchev–Trinajstić information content (AvgIpc) is 2.65. The summed E-state index contributed by atoms with van der Waals surface area (Å²) in [6.07, 6.45) is 6.64. The van der Waals surface area contributed by atoms with Crippen LogP contribution in [0.1, 0.15) is 79.5 Å². The van der Waals surface area contributed by atoms with E-state index in [0.717, 1.165) is 51.4 Å². The van der Waals surface area contributed by atoms with Crippen molar-refractivity contribution in [2.45, 2.75) is 83.1 Å². The molecule has 0 saturated heterocycles. The third-order valence-corrected chi connectivity index (χ3v) is 5.34. The molecule has 3 rings (SSSR count). The van der Waals surface area contributed by atoms with Gasteiger partial charge in [-0.2, -0.15) is 0 Å². The van der Waals surface area contributed by atoms with E-state index in [0.29, 0.717) is 11.1 Å². The van der Waals surface area contributed by atoms with E-state index >= 15 is 0 Å². The summed E-state index contributed by atoms with van der Waals surface area (Å²) in [5.74, 6) is -0.710. The van der Waals surface area contributed by atoms with Crippen LogP contribution in [0, 0.1) is 0 Å². The van der Waals surface area contributed by atoms with Crippen molar-refractivity contribution in [1.82, 2.24) is 0 Å². The summed E-state index contributed by atoms with van der Waals surface area (Å²) in [7, 11) is 0. The summed E-state index contributed by atoms with van der Waals surface area (Å²) in [4.78, 5) is 24.5. The zero-order valence-electron chi connectivity index (χ0n) is 15.1. The fourth-order valence-corrected chi connectivity index (χ4v) is 3.59. The third-order valence-electron chi connectivity index (χ3n) is 5.34. The van der Waals surface area contributed by atoms with Gasteiger partial charge in [-0.05, 0) is 75.6 Å². The molecule has 0 aliphatic heterocycles. The van der Waals surface area contributed by atoms with Crippen molar-refractivity contribution >= 4 is 11.9 Å². The van der Waals surface area contributed by atoms with Crippen LogP contribution in [0.3, 0.4) is 0 Å². The van der Waals surface area contributed by atoms with E-state index in [1.165, 1.54) is 0 Å². The minimum atomic E-state index is -0.355. The molecule has 2 aliphatic rings. The monoisotopic (exact) mass is 376 g/mol. The molecule has 1 aromatic carbocycles. The van der Waals surface area contributed by atoms with Gasteiger partial charge in [-0.25, -0.2) is 9.59 Å². The molecule has 2 aliphatic carbocycles. The van der Waals surface area contributed by atoms with Gasteiger partial charge in [-0.15, -0.1) is 0 Å². The van der Waals surface area contributed by atoms with Gasteiger partial charge in [0, 0.05) is 12.1 Å². The van der Waals surface area contributed by atoms with Gasteiger partial charge in [0.1, 0.15) is 12.2 Å². The molecule has 0 amide bonds. The van der Waals surface area contributed by atoms with Crippen molar-refractivity contribution in [1.29, 1.82) is 0 Å². The predicted octanol–water partition coefficient (Wildman–Crippen LogP) is 3.18. The van der Waals surface area contributed by atoms with Gasteiger partial charge in [-0.1, -0.05) is 7.43 Å². The van der Waals surface area contributed by atoms with Crippen LogP contribution in [0.2, 0.25) is 0 Å². The topological polar surface area (TPSA) is 105 Å². The molecule has 4 N–H and O–H groups in total. The van der Waals surface area contributed by atoms with Gasteiger partial charge in [0.05, 0.1) is 11.1 Å². The molecule has 2 fully saturated rings. The highest BCUT2D eigenvalue weighted by Gasteiger charge is 2.24. The van der Waals surface area contributed by atoms with Crippen molar-refractivity contribution in [3.8, 4) is 0 Å². The SMILES string of the molecule is C.NC1CCC(OC(=O)c2ccc(C(=O)OC3CCC(N)CC3)cc2)CC1. The lowest BCUT2D eigenvalue weighted by molar-refractivity contribution is 0.0183. The Kier molecular flexibility index (Phi) is 7.80. The highest BCUT2D eigenvalue weighted by molar-refractivity contribution is 5.93. The highest BCUT2D eigenvalue weighted by Crippen LogP contribution is 2.22. The van der Waals surface area contributed by atoms with Crippen molar-refractivity contribution in [2.24, 2.45) is 11.5 Å². The van der Waals surface area contributed by atoms with Gasteiger partial charge >= 0.3 is 11.9 Å². The van der Waals surface area contributed by atoms with Crippen molar-refractivity contribution in [3.63, 3.8) is 0 Å². The number of hydrogen-bond donors (Lipinski definition) is 2. The number of carbonyl (C=O) groups is 2. The molecule has 0 spiro atoms. The number of nitrogens with two attached hydrogens (primary N) is 2. The zero-order chi connectivity index (χ0) is 18.5. The second kappa shape index (κ2) is 9.85. The Hall–Kier alpha value is -1.92. The number of esters is 2. The smallest absolute Gasteiger partial charge is 0.338 e. The molecule has 0 radical (unpaired) electrons. The number of benzene rings is 1. The Morgan fingerprint density at radius 3 is 1.26 bits per heavy atom. The van der Waals surface area contributed by atoms with E-state index < -0.39 is 0 Å². The third kappa shape index (κ3) is 6.04. The van der Waals surface area contributed by atoms with Gasteiger partial charge in [-0.3, -0.25) is 0 Å². The summed E-state index contributed by atoms with van der Waals surface area (Å²) in [5.41, 5.74) is 12.6. The van der Waals surface area contributed by atoms with Gasteiger partial charge < -0.3 is 20.9 Å². The molecule has 6 nitrogen and oxygen atoms in total.